The first-order chi connectivity index (χ1) is 14.7. The van der Waals surface area contributed by atoms with Crippen molar-refractivity contribution in [3.8, 4) is 0 Å². The standard InChI is InChI=1S/C25H35N3O3/c1-17(2)28(18(3)4)25(31)24(21-12-9-13-26-16-21)22(20-10-7-6-8-11-20)14-23(30)27-15-19(5)29/h6-13,16-19,22,24,29H,14-15H2,1-5H3,(H,27,30). The first-order valence-corrected chi connectivity index (χ1v) is 10.9. The molecule has 0 aliphatic heterocycles. The Hall–Kier alpha value is -2.73. The van der Waals surface area contributed by atoms with Gasteiger partial charge in [-0.15, -0.1) is 0 Å². The lowest BCUT2D eigenvalue weighted by Crippen LogP contribution is -2.46. The van der Waals surface area contributed by atoms with Gasteiger partial charge in [-0.3, -0.25) is 14.6 Å². The summed E-state index contributed by atoms with van der Waals surface area (Å²) in [4.78, 5) is 32.8. The van der Waals surface area contributed by atoms with Gasteiger partial charge in [0.2, 0.25) is 11.8 Å². The maximum atomic E-state index is 13.9. The molecule has 3 unspecified atom stereocenters. The first-order valence-electron chi connectivity index (χ1n) is 10.9. The highest BCUT2D eigenvalue weighted by atomic mass is 16.3. The number of carbonyl (C=O) groups is 2. The number of carbonyl (C=O) groups excluding carboxylic acids is 2. The Balaban J connectivity index is 2.52. The number of hydrogen-bond acceptors (Lipinski definition) is 4. The molecule has 0 saturated carbocycles. The molecule has 0 fully saturated rings. The summed E-state index contributed by atoms with van der Waals surface area (Å²) >= 11 is 0. The highest BCUT2D eigenvalue weighted by Gasteiger charge is 2.37. The summed E-state index contributed by atoms with van der Waals surface area (Å²) < 4.78 is 0. The van der Waals surface area contributed by atoms with Crippen LogP contribution < -0.4 is 5.32 Å². The minimum Gasteiger partial charge on any atom is -0.392 e. The molecule has 2 aromatic rings. The van der Waals surface area contributed by atoms with Crippen LogP contribution in [0.15, 0.2) is 54.9 Å². The molecule has 1 aromatic carbocycles. The molecule has 3 atom stereocenters. The summed E-state index contributed by atoms with van der Waals surface area (Å²) in [5, 5.41) is 12.3. The smallest absolute Gasteiger partial charge is 0.231 e. The molecule has 2 amide bonds. The molecule has 168 valence electrons. The molecule has 1 aromatic heterocycles. The monoisotopic (exact) mass is 425 g/mol. The lowest BCUT2D eigenvalue weighted by Gasteiger charge is -2.37. The second kappa shape index (κ2) is 11.6. The van der Waals surface area contributed by atoms with E-state index >= 15 is 0 Å². The fourth-order valence-electron chi connectivity index (χ4n) is 4.03. The second-order valence-electron chi connectivity index (χ2n) is 8.57. The molecule has 2 N–H and O–H groups in total. The number of rotatable bonds is 10. The van der Waals surface area contributed by atoms with E-state index in [4.69, 9.17) is 0 Å². The van der Waals surface area contributed by atoms with Gasteiger partial charge >= 0.3 is 0 Å². The van der Waals surface area contributed by atoms with Crippen molar-refractivity contribution >= 4 is 11.8 Å². The Bertz CT molecular complexity index is 814. The number of aliphatic hydroxyl groups excluding tert-OH is 1. The molecule has 0 aliphatic carbocycles. The highest BCUT2D eigenvalue weighted by molar-refractivity contribution is 5.87. The zero-order valence-corrected chi connectivity index (χ0v) is 19.2. The van der Waals surface area contributed by atoms with E-state index in [1.807, 2.05) is 75.1 Å². The van der Waals surface area contributed by atoms with Crippen LogP contribution in [0, 0.1) is 0 Å². The SMILES string of the molecule is CC(O)CNC(=O)CC(c1ccccc1)C(C(=O)N(C(C)C)C(C)C)c1cccnc1. The van der Waals surface area contributed by atoms with Crippen LogP contribution in [0.5, 0.6) is 0 Å². The third-order valence-corrected chi connectivity index (χ3v) is 5.31. The van der Waals surface area contributed by atoms with Crippen LogP contribution >= 0.6 is 0 Å². The van der Waals surface area contributed by atoms with Crippen molar-refractivity contribution in [1.82, 2.24) is 15.2 Å². The minimum absolute atomic E-state index is 0.0184. The summed E-state index contributed by atoms with van der Waals surface area (Å²) in [6, 6.07) is 13.4. The quantitative estimate of drug-likeness (QED) is 0.611. The van der Waals surface area contributed by atoms with E-state index in [9.17, 15) is 14.7 Å². The molecule has 0 spiro atoms. The fraction of sp³-hybridized carbons (Fsp3) is 0.480. The van der Waals surface area contributed by atoms with Gasteiger partial charge in [-0.2, -0.15) is 0 Å². The third-order valence-electron chi connectivity index (χ3n) is 5.31. The molecule has 6 heteroatoms. The van der Waals surface area contributed by atoms with Gasteiger partial charge in [0, 0.05) is 43.4 Å². The topological polar surface area (TPSA) is 82.5 Å². The predicted molar refractivity (Wildman–Crippen MR) is 123 cm³/mol. The molecular weight excluding hydrogens is 390 g/mol. The number of amides is 2. The largest absolute Gasteiger partial charge is 0.392 e. The molecule has 0 aliphatic rings. The number of aromatic nitrogens is 1. The molecule has 6 nitrogen and oxygen atoms in total. The van der Waals surface area contributed by atoms with Gasteiger partial charge < -0.3 is 15.3 Å². The van der Waals surface area contributed by atoms with E-state index in [-0.39, 0.29) is 42.8 Å². The van der Waals surface area contributed by atoms with Crippen LogP contribution in [0.2, 0.25) is 0 Å². The van der Waals surface area contributed by atoms with Gasteiger partial charge in [0.1, 0.15) is 0 Å². The molecule has 0 radical (unpaired) electrons. The maximum absolute atomic E-state index is 13.9. The average Bonchev–Trinajstić information content (AvgIpc) is 2.72. The van der Waals surface area contributed by atoms with E-state index < -0.39 is 12.0 Å². The lowest BCUT2D eigenvalue weighted by atomic mass is 9.78. The van der Waals surface area contributed by atoms with Crippen molar-refractivity contribution in [2.75, 3.05) is 6.54 Å². The van der Waals surface area contributed by atoms with Gasteiger partial charge in [0.15, 0.2) is 0 Å². The fourth-order valence-corrected chi connectivity index (χ4v) is 4.03. The van der Waals surface area contributed by atoms with Crippen LogP contribution in [0.4, 0.5) is 0 Å². The Kier molecular flexibility index (Phi) is 9.19. The number of pyridine rings is 1. The Morgan fingerprint density at radius 2 is 1.58 bits per heavy atom. The van der Waals surface area contributed by atoms with Gasteiger partial charge in [-0.05, 0) is 51.8 Å². The predicted octanol–water partition coefficient (Wildman–Crippen LogP) is 3.48. The van der Waals surface area contributed by atoms with Crippen molar-refractivity contribution < 1.29 is 14.7 Å². The first kappa shape index (κ1) is 24.5. The molecule has 0 bridgehead atoms. The lowest BCUT2D eigenvalue weighted by molar-refractivity contribution is -0.137. The van der Waals surface area contributed by atoms with Gasteiger partial charge in [-0.1, -0.05) is 36.4 Å². The van der Waals surface area contributed by atoms with E-state index in [0.29, 0.717) is 0 Å². The molecule has 1 heterocycles. The van der Waals surface area contributed by atoms with Crippen LogP contribution in [0.3, 0.4) is 0 Å². The van der Waals surface area contributed by atoms with Gasteiger partial charge in [-0.25, -0.2) is 0 Å². The number of nitrogens with one attached hydrogen (secondary N) is 1. The summed E-state index contributed by atoms with van der Waals surface area (Å²) in [5.41, 5.74) is 1.71. The highest BCUT2D eigenvalue weighted by Crippen LogP contribution is 2.38. The van der Waals surface area contributed by atoms with Gasteiger partial charge in [0.25, 0.3) is 0 Å². The van der Waals surface area contributed by atoms with E-state index in [1.54, 1.807) is 19.3 Å². The molecule has 0 saturated heterocycles. The van der Waals surface area contributed by atoms with Crippen LogP contribution in [0.1, 0.15) is 64.0 Å². The summed E-state index contributed by atoms with van der Waals surface area (Å²) in [6.45, 7) is 9.82. The molecular formula is C25H35N3O3. The Labute approximate surface area is 185 Å². The Morgan fingerprint density at radius 3 is 2.10 bits per heavy atom. The minimum atomic E-state index is -0.632. The van der Waals surface area contributed by atoms with Crippen molar-refractivity contribution in [2.24, 2.45) is 0 Å². The molecule has 31 heavy (non-hydrogen) atoms. The van der Waals surface area contributed by atoms with E-state index in [0.717, 1.165) is 11.1 Å². The number of nitrogens with zero attached hydrogens (tertiary/aromatic N) is 2. The normalized spacial score (nSPS) is 14.2. The van der Waals surface area contributed by atoms with Crippen LogP contribution in [0.25, 0.3) is 0 Å². The third kappa shape index (κ3) is 6.89. The van der Waals surface area contributed by atoms with Gasteiger partial charge in [0.05, 0.1) is 12.0 Å². The van der Waals surface area contributed by atoms with Crippen molar-refractivity contribution in [2.45, 2.75) is 71.1 Å². The summed E-state index contributed by atoms with van der Waals surface area (Å²) in [5.74, 6) is -1.14. The summed E-state index contributed by atoms with van der Waals surface area (Å²) in [7, 11) is 0. The molecule has 2 rings (SSSR count). The van der Waals surface area contributed by atoms with Crippen molar-refractivity contribution in [3.63, 3.8) is 0 Å². The number of aliphatic hydroxyl groups is 1. The maximum Gasteiger partial charge on any atom is 0.231 e. The van der Waals surface area contributed by atoms with Crippen LogP contribution in [-0.2, 0) is 9.59 Å². The number of hydrogen-bond donors (Lipinski definition) is 2. The zero-order chi connectivity index (χ0) is 23.0. The summed E-state index contributed by atoms with van der Waals surface area (Å²) in [6.07, 6.45) is 2.89. The van der Waals surface area contributed by atoms with Crippen LogP contribution in [-0.4, -0.2) is 51.5 Å². The van der Waals surface area contributed by atoms with E-state index in [2.05, 4.69) is 10.3 Å². The second-order valence-corrected chi connectivity index (χ2v) is 8.57. The zero-order valence-electron chi connectivity index (χ0n) is 19.2. The van der Waals surface area contributed by atoms with Crippen molar-refractivity contribution in [3.05, 3.63) is 66.0 Å². The average molecular weight is 426 g/mol. The number of benzene rings is 1. The van der Waals surface area contributed by atoms with E-state index in [1.165, 1.54) is 0 Å². The van der Waals surface area contributed by atoms with Crippen molar-refractivity contribution in [1.29, 1.82) is 0 Å². The Morgan fingerprint density at radius 1 is 0.968 bits per heavy atom.